The SMILES string of the molecule is CC(=O)[C@@H]1C[C@H](CC(=O)Nc2ccc(-c3ccc(F)cc3)cc2)CN1c1nc(C)nc(-c2ccccc2C)c1C. The van der Waals surface area contributed by atoms with Gasteiger partial charge in [0.05, 0.1) is 11.7 Å². The van der Waals surface area contributed by atoms with Crippen LogP contribution in [-0.4, -0.2) is 34.2 Å². The first kappa shape index (κ1) is 27.2. The van der Waals surface area contributed by atoms with Gasteiger partial charge in [0, 0.05) is 29.8 Å². The molecule has 1 aliphatic rings. The molecule has 3 aromatic carbocycles. The number of aromatic nitrogens is 2. The summed E-state index contributed by atoms with van der Waals surface area (Å²) in [6.07, 6.45) is 0.891. The van der Waals surface area contributed by atoms with E-state index in [9.17, 15) is 14.0 Å². The summed E-state index contributed by atoms with van der Waals surface area (Å²) in [5.41, 5.74) is 6.51. The highest BCUT2D eigenvalue weighted by Crippen LogP contribution is 2.36. The Kier molecular flexibility index (Phi) is 7.74. The fourth-order valence-corrected chi connectivity index (χ4v) is 5.55. The third-order valence-corrected chi connectivity index (χ3v) is 7.58. The van der Waals surface area contributed by atoms with Crippen LogP contribution in [0.2, 0.25) is 0 Å². The highest BCUT2D eigenvalue weighted by molar-refractivity contribution is 5.92. The third kappa shape index (κ3) is 5.78. The maximum atomic E-state index is 13.2. The summed E-state index contributed by atoms with van der Waals surface area (Å²) in [6, 6.07) is 21.6. The van der Waals surface area contributed by atoms with Gasteiger partial charge in [-0.05, 0) is 81.0 Å². The van der Waals surface area contributed by atoms with Crippen molar-refractivity contribution >= 4 is 23.2 Å². The lowest BCUT2D eigenvalue weighted by Crippen LogP contribution is -2.36. The van der Waals surface area contributed by atoms with Crippen LogP contribution >= 0.6 is 0 Å². The number of aryl methyl sites for hydroxylation is 2. The average molecular weight is 537 g/mol. The Bertz CT molecular complexity index is 1550. The Morgan fingerprint density at radius 1 is 0.925 bits per heavy atom. The van der Waals surface area contributed by atoms with Gasteiger partial charge in [0.2, 0.25) is 5.91 Å². The van der Waals surface area contributed by atoms with Crippen molar-refractivity contribution in [3.8, 4) is 22.4 Å². The summed E-state index contributed by atoms with van der Waals surface area (Å²) in [6.45, 7) is 8.10. The van der Waals surface area contributed by atoms with Gasteiger partial charge in [-0.2, -0.15) is 0 Å². The lowest BCUT2D eigenvalue weighted by atomic mass is 9.99. The topological polar surface area (TPSA) is 75.2 Å². The molecule has 1 fully saturated rings. The average Bonchev–Trinajstić information content (AvgIpc) is 3.35. The van der Waals surface area contributed by atoms with E-state index in [4.69, 9.17) is 9.97 Å². The number of anilines is 2. The minimum atomic E-state index is -0.342. The van der Waals surface area contributed by atoms with E-state index >= 15 is 0 Å². The summed E-state index contributed by atoms with van der Waals surface area (Å²) in [5.74, 6) is 1.09. The molecule has 1 N–H and O–H groups in total. The van der Waals surface area contributed by atoms with E-state index in [-0.39, 0.29) is 29.5 Å². The first-order valence-corrected chi connectivity index (χ1v) is 13.5. The number of carbonyl (C=O) groups excluding carboxylic acids is 2. The van der Waals surface area contributed by atoms with Crippen LogP contribution in [0.4, 0.5) is 15.9 Å². The molecule has 0 aliphatic carbocycles. The Morgan fingerprint density at radius 2 is 1.57 bits per heavy atom. The summed E-state index contributed by atoms with van der Waals surface area (Å²) < 4.78 is 13.2. The van der Waals surface area contributed by atoms with Crippen molar-refractivity contribution in [1.82, 2.24) is 9.97 Å². The number of hydrogen-bond acceptors (Lipinski definition) is 5. The number of Topliss-reactive ketones (excluding diaryl/α,β-unsaturated/α-hetero) is 1. The third-order valence-electron chi connectivity index (χ3n) is 7.58. The first-order chi connectivity index (χ1) is 19.2. The summed E-state index contributed by atoms with van der Waals surface area (Å²) >= 11 is 0. The van der Waals surface area contributed by atoms with Gasteiger partial charge in [0.15, 0.2) is 5.78 Å². The zero-order chi connectivity index (χ0) is 28.4. The second-order valence-electron chi connectivity index (χ2n) is 10.6. The smallest absolute Gasteiger partial charge is 0.224 e. The largest absolute Gasteiger partial charge is 0.346 e. The van der Waals surface area contributed by atoms with Gasteiger partial charge in [-0.1, -0.05) is 48.5 Å². The lowest BCUT2D eigenvalue weighted by Gasteiger charge is -2.26. The Labute approximate surface area is 234 Å². The Morgan fingerprint density at radius 3 is 2.23 bits per heavy atom. The highest BCUT2D eigenvalue weighted by Gasteiger charge is 2.38. The number of benzene rings is 3. The molecule has 204 valence electrons. The molecular formula is C33H33FN4O2. The number of halogens is 1. The van der Waals surface area contributed by atoms with Crippen molar-refractivity contribution in [2.45, 2.75) is 46.6 Å². The number of nitrogens with zero attached hydrogens (tertiary/aromatic N) is 3. The molecule has 0 saturated carbocycles. The van der Waals surface area contributed by atoms with Crippen molar-refractivity contribution in [2.24, 2.45) is 5.92 Å². The van der Waals surface area contributed by atoms with Crippen LogP contribution in [0.3, 0.4) is 0 Å². The molecule has 7 heteroatoms. The van der Waals surface area contributed by atoms with E-state index in [1.165, 1.54) is 12.1 Å². The predicted molar refractivity (Wildman–Crippen MR) is 157 cm³/mol. The molecule has 2 atom stereocenters. The van der Waals surface area contributed by atoms with Gasteiger partial charge in [-0.15, -0.1) is 0 Å². The quantitative estimate of drug-likeness (QED) is 0.285. The van der Waals surface area contributed by atoms with Crippen molar-refractivity contribution in [1.29, 1.82) is 0 Å². The predicted octanol–water partition coefficient (Wildman–Crippen LogP) is 6.69. The van der Waals surface area contributed by atoms with Gasteiger partial charge in [-0.3, -0.25) is 9.59 Å². The van der Waals surface area contributed by atoms with E-state index < -0.39 is 0 Å². The van der Waals surface area contributed by atoms with E-state index in [1.807, 2.05) is 50.2 Å². The van der Waals surface area contributed by atoms with Crippen LogP contribution in [0.15, 0.2) is 72.8 Å². The van der Waals surface area contributed by atoms with Gasteiger partial charge < -0.3 is 10.2 Å². The van der Waals surface area contributed by atoms with Crippen LogP contribution in [0.5, 0.6) is 0 Å². The lowest BCUT2D eigenvalue weighted by molar-refractivity contribution is -0.119. The van der Waals surface area contributed by atoms with E-state index in [0.29, 0.717) is 30.9 Å². The zero-order valence-electron chi connectivity index (χ0n) is 23.2. The maximum absolute atomic E-state index is 13.2. The zero-order valence-corrected chi connectivity index (χ0v) is 23.2. The molecule has 1 aromatic heterocycles. The summed E-state index contributed by atoms with van der Waals surface area (Å²) in [4.78, 5) is 37.3. The van der Waals surface area contributed by atoms with E-state index in [0.717, 1.165) is 39.3 Å². The van der Waals surface area contributed by atoms with Crippen LogP contribution in [0.1, 0.15) is 36.7 Å². The minimum absolute atomic E-state index is 0.00368. The molecule has 0 unspecified atom stereocenters. The van der Waals surface area contributed by atoms with Gasteiger partial charge in [-0.25, -0.2) is 14.4 Å². The number of amides is 1. The van der Waals surface area contributed by atoms with Crippen molar-refractivity contribution < 1.29 is 14.0 Å². The van der Waals surface area contributed by atoms with Crippen LogP contribution in [-0.2, 0) is 9.59 Å². The second-order valence-corrected chi connectivity index (χ2v) is 10.6. The molecule has 6 nitrogen and oxygen atoms in total. The van der Waals surface area contributed by atoms with E-state index in [1.54, 1.807) is 19.1 Å². The standard InChI is InChI=1S/C33H33FN4O2/c1-20-7-5-6-8-29(20)32-21(2)33(36-23(4)35-32)38-19-24(17-30(38)22(3)39)18-31(40)37-28-15-11-26(12-16-28)25-9-13-27(34)14-10-25/h5-16,24,30H,17-19H2,1-4H3,(H,37,40)/t24-,30+/m1/s1. The number of ketones is 1. The molecule has 1 amide bonds. The molecular weight excluding hydrogens is 503 g/mol. The molecule has 40 heavy (non-hydrogen) atoms. The van der Waals surface area contributed by atoms with Gasteiger partial charge >= 0.3 is 0 Å². The number of carbonyl (C=O) groups is 2. The number of rotatable bonds is 7. The van der Waals surface area contributed by atoms with E-state index in [2.05, 4.69) is 29.3 Å². The van der Waals surface area contributed by atoms with Gasteiger partial charge in [0.1, 0.15) is 17.5 Å². The molecule has 0 bridgehead atoms. The summed E-state index contributed by atoms with van der Waals surface area (Å²) in [5, 5.41) is 2.98. The normalized spacial score (nSPS) is 16.7. The Balaban J connectivity index is 1.31. The van der Waals surface area contributed by atoms with Crippen LogP contribution < -0.4 is 10.2 Å². The molecule has 1 saturated heterocycles. The fraction of sp³-hybridized carbons (Fsp3) is 0.273. The maximum Gasteiger partial charge on any atom is 0.224 e. The molecule has 4 aromatic rings. The van der Waals surface area contributed by atoms with Crippen LogP contribution in [0, 0.1) is 32.5 Å². The molecule has 1 aliphatic heterocycles. The summed E-state index contributed by atoms with van der Waals surface area (Å²) in [7, 11) is 0. The number of hydrogen-bond donors (Lipinski definition) is 1. The molecule has 0 radical (unpaired) electrons. The monoisotopic (exact) mass is 536 g/mol. The van der Waals surface area contributed by atoms with Crippen molar-refractivity contribution in [2.75, 3.05) is 16.8 Å². The molecule has 2 heterocycles. The fourth-order valence-electron chi connectivity index (χ4n) is 5.55. The van der Waals surface area contributed by atoms with Gasteiger partial charge in [0.25, 0.3) is 0 Å². The van der Waals surface area contributed by atoms with Crippen LogP contribution in [0.25, 0.3) is 22.4 Å². The second kappa shape index (κ2) is 11.4. The van der Waals surface area contributed by atoms with Crippen molar-refractivity contribution in [3.63, 3.8) is 0 Å². The number of nitrogens with one attached hydrogen (secondary N) is 1. The highest BCUT2D eigenvalue weighted by atomic mass is 19.1. The van der Waals surface area contributed by atoms with Crippen molar-refractivity contribution in [3.05, 3.63) is 95.6 Å². The molecule has 0 spiro atoms. The Hall–Kier alpha value is -4.39. The molecule has 5 rings (SSSR count). The first-order valence-electron chi connectivity index (χ1n) is 13.5. The minimum Gasteiger partial charge on any atom is -0.346 e.